The van der Waals surface area contributed by atoms with Crippen molar-refractivity contribution in [1.82, 2.24) is 0 Å². The van der Waals surface area contributed by atoms with Crippen LogP contribution in [0.15, 0.2) is 0 Å². The van der Waals surface area contributed by atoms with Crippen molar-refractivity contribution < 1.29 is 13.3 Å². The molecule has 0 fully saturated rings. The summed E-state index contributed by atoms with van der Waals surface area (Å²) in [7, 11) is -2.45. The summed E-state index contributed by atoms with van der Waals surface area (Å²) >= 11 is 4.82. The number of hydrogen-bond donors (Lipinski definition) is 0. The molecule has 1 radical (unpaired) electrons. The van der Waals surface area contributed by atoms with Gasteiger partial charge in [0.15, 0.2) is 0 Å². The van der Waals surface area contributed by atoms with Gasteiger partial charge in [-0.1, -0.05) is 0 Å². The van der Waals surface area contributed by atoms with E-state index in [1.54, 1.807) is 6.92 Å². The van der Waals surface area contributed by atoms with E-state index in [0.29, 0.717) is 18.3 Å². The molecule has 0 heterocycles. The molecule has 0 amide bonds. The first-order valence-corrected chi connectivity index (χ1v) is 6.65. The van der Waals surface area contributed by atoms with Gasteiger partial charge in [-0.25, -0.2) is 0 Å². The predicted molar refractivity (Wildman–Crippen MR) is 60.0 cm³/mol. The van der Waals surface area contributed by atoms with E-state index in [0.717, 1.165) is 0 Å². The fourth-order valence-electron chi connectivity index (χ4n) is 0.886. The Morgan fingerprint density at radius 2 is 1.62 bits per heavy atom. The Morgan fingerprint density at radius 3 is 1.85 bits per heavy atom. The maximum atomic E-state index is 5.39. The molecule has 0 unspecified atom stereocenters. The molecule has 0 N–H and O–H groups in total. The molecular weight excluding hydrogens is 199 g/mol. The minimum Gasteiger partial charge on any atom is -0.495 e. The summed E-state index contributed by atoms with van der Waals surface area (Å²) in [6, 6.07) is 0. The Morgan fingerprint density at radius 1 is 1.23 bits per heavy atom. The van der Waals surface area contributed by atoms with E-state index in [1.165, 1.54) is 0 Å². The molecule has 0 bridgehead atoms. The molecule has 3 nitrogen and oxygen atoms in total. The van der Waals surface area contributed by atoms with Gasteiger partial charge >= 0.3 is 8.80 Å². The van der Waals surface area contributed by atoms with Crippen LogP contribution in [-0.2, 0) is 13.3 Å². The van der Waals surface area contributed by atoms with Crippen molar-refractivity contribution >= 4 is 44.9 Å². The summed E-state index contributed by atoms with van der Waals surface area (Å²) in [5.74, 6) is 0. The van der Waals surface area contributed by atoms with Crippen LogP contribution in [0.4, 0.5) is 0 Å². The first kappa shape index (κ1) is 16.1. The molecule has 0 aromatic carbocycles. The van der Waals surface area contributed by atoms with Crippen molar-refractivity contribution in [2.75, 3.05) is 13.2 Å². The van der Waals surface area contributed by atoms with Crippen LogP contribution in [0, 0.1) is 0 Å². The monoisotopic (exact) mass is 215 g/mol. The summed E-state index contributed by atoms with van der Waals surface area (Å²) in [6.45, 7) is 8.56. The molecule has 0 aromatic rings. The van der Waals surface area contributed by atoms with E-state index in [4.69, 9.17) is 25.5 Å². The molecule has 0 aromatic heterocycles. The largest absolute Gasteiger partial charge is 0.563 e. The van der Waals surface area contributed by atoms with E-state index in [-0.39, 0.29) is 18.9 Å². The van der Waals surface area contributed by atoms with Crippen LogP contribution in [0.1, 0.15) is 20.8 Å². The van der Waals surface area contributed by atoms with Gasteiger partial charge in [-0.2, -0.15) is 0 Å². The molecule has 0 aliphatic rings. The van der Waals surface area contributed by atoms with Crippen molar-refractivity contribution in [1.29, 1.82) is 0 Å². The molecule has 0 saturated heterocycles. The van der Waals surface area contributed by atoms with Crippen LogP contribution < -0.4 is 0 Å². The van der Waals surface area contributed by atoms with Crippen molar-refractivity contribution in [2.45, 2.75) is 27.3 Å². The molecular formula is C7H16LiO3SSi. The van der Waals surface area contributed by atoms with Crippen molar-refractivity contribution in [3.63, 3.8) is 0 Å². The molecule has 0 atom stereocenters. The van der Waals surface area contributed by atoms with E-state index in [2.05, 4.69) is 0 Å². The third-order valence-corrected chi connectivity index (χ3v) is 3.68. The predicted octanol–water partition coefficient (Wildman–Crippen LogP) is 1.61. The Bertz CT molecular complexity index is 151. The van der Waals surface area contributed by atoms with Gasteiger partial charge in [0.2, 0.25) is 0 Å². The van der Waals surface area contributed by atoms with Crippen molar-refractivity contribution in [3.05, 3.63) is 0 Å². The first-order chi connectivity index (χ1) is 5.54. The molecule has 73 valence electrons. The quantitative estimate of drug-likeness (QED) is 0.514. The van der Waals surface area contributed by atoms with Gasteiger partial charge in [-0.3, -0.25) is 0 Å². The van der Waals surface area contributed by atoms with Crippen LogP contribution in [-0.4, -0.2) is 45.9 Å². The van der Waals surface area contributed by atoms with Gasteiger partial charge < -0.3 is 13.3 Å². The number of rotatable bonds is 5. The summed E-state index contributed by atoms with van der Waals surface area (Å²) < 4.78 is 16.1. The van der Waals surface area contributed by atoms with Gasteiger partial charge in [-0.15, -0.1) is 0 Å². The van der Waals surface area contributed by atoms with E-state index in [9.17, 15) is 0 Å². The topological polar surface area (TPSA) is 27.7 Å². The Kier molecular flexibility index (Phi) is 9.86. The number of thiocarbonyl (C=S) groups is 1. The molecule has 6 heteroatoms. The fourth-order valence-corrected chi connectivity index (χ4v) is 3.11. The average Bonchev–Trinajstić information content (AvgIpc) is 1.85. The van der Waals surface area contributed by atoms with Gasteiger partial charge in [0.1, 0.15) is 5.05 Å². The fraction of sp³-hybridized carbons (Fsp3) is 0.857. The van der Waals surface area contributed by atoms with Gasteiger partial charge in [0.25, 0.3) is 0 Å². The zero-order valence-electron chi connectivity index (χ0n) is 9.05. The second-order valence-corrected chi connectivity index (χ2v) is 5.40. The Labute approximate surface area is 98.7 Å². The zero-order valence-corrected chi connectivity index (χ0v) is 10.9. The number of hydrogen-bond acceptors (Lipinski definition) is 4. The van der Waals surface area contributed by atoms with Crippen LogP contribution >= 0.6 is 12.2 Å². The van der Waals surface area contributed by atoms with E-state index in [1.807, 2.05) is 20.4 Å². The normalized spacial score (nSPS) is 10.5. The van der Waals surface area contributed by atoms with Gasteiger partial charge in [-0.05, 0) is 26.1 Å². The molecule has 0 spiro atoms. The smallest absolute Gasteiger partial charge is 0.495 e. The van der Waals surface area contributed by atoms with Crippen LogP contribution in [0.2, 0.25) is 6.55 Å². The van der Waals surface area contributed by atoms with Crippen LogP contribution in [0.5, 0.6) is 0 Å². The third-order valence-electron chi connectivity index (χ3n) is 1.14. The summed E-state index contributed by atoms with van der Waals surface area (Å²) in [6.07, 6.45) is 0. The first-order valence-electron chi connectivity index (χ1n) is 4.01. The third kappa shape index (κ3) is 7.68. The maximum absolute atomic E-state index is 5.39. The van der Waals surface area contributed by atoms with Crippen LogP contribution in [0.25, 0.3) is 0 Å². The molecule has 0 aliphatic heterocycles. The Balaban J connectivity index is 0. The zero-order chi connectivity index (χ0) is 9.61. The summed E-state index contributed by atoms with van der Waals surface area (Å²) in [4.78, 5) is 0. The second-order valence-electron chi connectivity index (χ2n) is 2.32. The van der Waals surface area contributed by atoms with Gasteiger partial charge in [0, 0.05) is 45.5 Å². The van der Waals surface area contributed by atoms with Crippen molar-refractivity contribution in [3.8, 4) is 0 Å². The molecule has 13 heavy (non-hydrogen) atoms. The van der Waals surface area contributed by atoms with Crippen molar-refractivity contribution in [2.24, 2.45) is 0 Å². The summed E-state index contributed by atoms with van der Waals surface area (Å²) in [5.41, 5.74) is 0. The molecule has 0 saturated carbocycles. The standard InChI is InChI=1S/C7H16O3SSi.Li/c1-5-8-12(4,9-6-2)10-7(3)11;/h5-6H2,1-4H3;. The maximum Gasteiger partial charge on any atom is 0.563 e. The van der Waals surface area contributed by atoms with Gasteiger partial charge in [0.05, 0.1) is 0 Å². The average molecular weight is 215 g/mol. The second kappa shape index (κ2) is 7.98. The van der Waals surface area contributed by atoms with Crippen LogP contribution in [0.3, 0.4) is 0 Å². The summed E-state index contributed by atoms with van der Waals surface area (Å²) in [5, 5.41) is 0.478. The minimum atomic E-state index is -2.45. The van der Waals surface area contributed by atoms with E-state index < -0.39 is 8.80 Å². The molecule has 0 aliphatic carbocycles. The minimum absolute atomic E-state index is 0. The Hall–Kier alpha value is 0.624. The van der Waals surface area contributed by atoms with E-state index >= 15 is 0 Å². The SMILES string of the molecule is CCO[Si](C)(OCC)OC(C)=S.[Li]. The molecule has 0 rings (SSSR count).